The van der Waals surface area contributed by atoms with Crippen LogP contribution >= 0.6 is 0 Å². The molecule has 0 aliphatic rings. The van der Waals surface area contributed by atoms with E-state index in [1.165, 1.54) is 18.2 Å². The lowest BCUT2D eigenvalue weighted by molar-refractivity contribution is -0.127. The second-order valence-electron chi connectivity index (χ2n) is 3.97. The van der Waals surface area contributed by atoms with Crippen molar-refractivity contribution in [3.05, 3.63) is 29.6 Å². The number of hydrogen-bond donors (Lipinski definition) is 2. The van der Waals surface area contributed by atoms with E-state index in [0.717, 1.165) is 0 Å². The average molecular weight is 264 g/mol. The molecule has 102 valence electrons. The molecule has 5 heteroatoms. The van der Waals surface area contributed by atoms with Gasteiger partial charge >= 0.3 is 0 Å². The van der Waals surface area contributed by atoms with Gasteiger partial charge in [-0.05, 0) is 43.7 Å². The summed E-state index contributed by atoms with van der Waals surface area (Å²) in [5.74, 6) is 2.08. The molecule has 0 spiro atoms. The fraction of sp³-hybridized carbons (Fsp3) is 0.357. The molecule has 0 aliphatic heterocycles. The molecule has 0 aliphatic carbocycles. The zero-order chi connectivity index (χ0) is 14.3. The number of hydrogen-bond acceptors (Lipinski definition) is 3. The van der Waals surface area contributed by atoms with Gasteiger partial charge in [0.25, 0.3) is 5.91 Å². The molecule has 4 nitrogen and oxygen atoms in total. The normalized spacial score (nSPS) is 11.5. The Morgan fingerprint density at radius 3 is 3.00 bits per heavy atom. The summed E-state index contributed by atoms with van der Waals surface area (Å²) in [6, 6.07) is 4.13. The van der Waals surface area contributed by atoms with Gasteiger partial charge in [0.1, 0.15) is 11.6 Å². The summed E-state index contributed by atoms with van der Waals surface area (Å²) in [5, 5.41) is 2.52. The van der Waals surface area contributed by atoms with Gasteiger partial charge in [-0.15, -0.1) is 6.42 Å². The number of nitrogens with two attached hydrogens (primary N) is 1. The van der Waals surface area contributed by atoms with Gasteiger partial charge < -0.3 is 15.8 Å². The van der Waals surface area contributed by atoms with Crippen LogP contribution < -0.4 is 15.8 Å². The van der Waals surface area contributed by atoms with Crippen molar-refractivity contribution in [3.8, 4) is 18.1 Å². The third-order valence-electron chi connectivity index (χ3n) is 2.47. The minimum absolute atomic E-state index is 0.144. The summed E-state index contributed by atoms with van der Waals surface area (Å²) in [7, 11) is 0. The third kappa shape index (κ3) is 4.60. The first kappa shape index (κ1) is 15.0. The highest BCUT2D eigenvalue weighted by Gasteiger charge is 2.15. The second-order valence-corrected chi connectivity index (χ2v) is 3.97. The molecule has 1 aromatic carbocycles. The first-order valence-electron chi connectivity index (χ1n) is 5.94. The molecule has 19 heavy (non-hydrogen) atoms. The van der Waals surface area contributed by atoms with E-state index in [-0.39, 0.29) is 18.3 Å². The van der Waals surface area contributed by atoms with Crippen molar-refractivity contribution in [1.82, 2.24) is 5.32 Å². The Kier molecular flexibility index (Phi) is 5.83. The highest BCUT2D eigenvalue weighted by atomic mass is 19.1. The molecule has 0 saturated carbocycles. The van der Waals surface area contributed by atoms with Crippen LogP contribution in [0.15, 0.2) is 18.2 Å². The Hall–Kier alpha value is -2.06. The molecule has 1 aromatic rings. The summed E-state index contributed by atoms with van der Waals surface area (Å²) in [5.41, 5.74) is 6.09. The lowest BCUT2D eigenvalue weighted by Gasteiger charge is -2.16. The zero-order valence-electron chi connectivity index (χ0n) is 10.8. The topological polar surface area (TPSA) is 64.3 Å². The SMILES string of the molecule is C#CCNC(=O)C(C)Oc1ccc(F)cc1CCN. The molecule has 0 aromatic heterocycles. The summed E-state index contributed by atoms with van der Waals surface area (Å²) in [6.07, 6.45) is 4.81. The van der Waals surface area contributed by atoms with Crippen LogP contribution in [-0.2, 0) is 11.2 Å². The van der Waals surface area contributed by atoms with E-state index in [2.05, 4.69) is 11.2 Å². The molecule has 0 heterocycles. The maximum absolute atomic E-state index is 13.1. The van der Waals surface area contributed by atoms with Gasteiger partial charge in [-0.2, -0.15) is 0 Å². The van der Waals surface area contributed by atoms with Gasteiger partial charge in [-0.1, -0.05) is 5.92 Å². The predicted molar refractivity (Wildman–Crippen MR) is 71.1 cm³/mol. The molecule has 1 unspecified atom stereocenters. The van der Waals surface area contributed by atoms with Gasteiger partial charge in [0.05, 0.1) is 6.54 Å². The number of carbonyl (C=O) groups is 1. The Morgan fingerprint density at radius 2 is 2.37 bits per heavy atom. The van der Waals surface area contributed by atoms with E-state index in [9.17, 15) is 9.18 Å². The number of ether oxygens (including phenoxy) is 1. The zero-order valence-corrected chi connectivity index (χ0v) is 10.8. The van der Waals surface area contributed by atoms with Crippen molar-refractivity contribution < 1.29 is 13.9 Å². The third-order valence-corrected chi connectivity index (χ3v) is 2.47. The fourth-order valence-corrected chi connectivity index (χ4v) is 1.54. The van der Waals surface area contributed by atoms with Crippen molar-refractivity contribution in [1.29, 1.82) is 0 Å². The molecule has 1 amide bonds. The van der Waals surface area contributed by atoms with E-state index >= 15 is 0 Å². The smallest absolute Gasteiger partial charge is 0.261 e. The van der Waals surface area contributed by atoms with Crippen LogP contribution in [0.5, 0.6) is 5.75 Å². The van der Waals surface area contributed by atoms with Gasteiger partial charge in [-0.25, -0.2) is 4.39 Å². The Morgan fingerprint density at radius 1 is 1.63 bits per heavy atom. The number of carbonyl (C=O) groups excluding carboxylic acids is 1. The van der Waals surface area contributed by atoms with Gasteiger partial charge in [0, 0.05) is 0 Å². The van der Waals surface area contributed by atoms with Gasteiger partial charge in [-0.3, -0.25) is 4.79 Å². The van der Waals surface area contributed by atoms with Crippen molar-refractivity contribution >= 4 is 5.91 Å². The number of amides is 1. The fourth-order valence-electron chi connectivity index (χ4n) is 1.54. The standard InChI is InChI=1S/C14H17FN2O2/c1-3-8-17-14(18)10(2)19-13-5-4-12(15)9-11(13)6-7-16/h1,4-5,9-10H,6-8,16H2,2H3,(H,17,18). The molecule has 0 fully saturated rings. The van der Waals surface area contributed by atoms with Crippen molar-refractivity contribution in [2.45, 2.75) is 19.4 Å². The molecule has 3 N–H and O–H groups in total. The molecule has 0 saturated heterocycles. The number of halogens is 1. The van der Waals surface area contributed by atoms with Crippen LogP contribution in [0.3, 0.4) is 0 Å². The first-order chi connectivity index (χ1) is 9.08. The van der Waals surface area contributed by atoms with Crippen LogP contribution in [-0.4, -0.2) is 25.1 Å². The van der Waals surface area contributed by atoms with E-state index < -0.39 is 6.10 Å². The average Bonchev–Trinajstić information content (AvgIpc) is 2.39. The monoisotopic (exact) mass is 264 g/mol. The minimum Gasteiger partial charge on any atom is -0.481 e. The van der Waals surface area contributed by atoms with Crippen molar-refractivity contribution in [3.63, 3.8) is 0 Å². The van der Waals surface area contributed by atoms with Gasteiger partial charge in [0.2, 0.25) is 0 Å². The number of terminal acetylenes is 1. The van der Waals surface area contributed by atoms with Crippen molar-refractivity contribution in [2.24, 2.45) is 5.73 Å². The van der Waals surface area contributed by atoms with Gasteiger partial charge in [0.15, 0.2) is 6.10 Å². The van der Waals surface area contributed by atoms with Crippen LogP contribution in [0, 0.1) is 18.2 Å². The maximum Gasteiger partial charge on any atom is 0.261 e. The molecule has 0 bridgehead atoms. The lowest BCUT2D eigenvalue weighted by Crippen LogP contribution is -2.36. The maximum atomic E-state index is 13.1. The Balaban J connectivity index is 2.75. The lowest BCUT2D eigenvalue weighted by atomic mass is 10.1. The van der Waals surface area contributed by atoms with Crippen LogP contribution in [0.4, 0.5) is 4.39 Å². The molecular weight excluding hydrogens is 247 g/mol. The van der Waals surface area contributed by atoms with Crippen molar-refractivity contribution in [2.75, 3.05) is 13.1 Å². The summed E-state index contributed by atoms with van der Waals surface area (Å²) in [6.45, 7) is 2.12. The quantitative estimate of drug-likeness (QED) is 0.748. The van der Waals surface area contributed by atoms with E-state index in [1.807, 2.05) is 0 Å². The Bertz CT molecular complexity index is 483. The number of nitrogens with one attached hydrogen (secondary N) is 1. The summed E-state index contributed by atoms with van der Waals surface area (Å²) >= 11 is 0. The molecule has 1 atom stereocenters. The Labute approximate surface area is 112 Å². The molecular formula is C14H17FN2O2. The van der Waals surface area contributed by atoms with E-state index in [1.54, 1.807) is 6.92 Å². The highest BCUT2D eigenvalue weighted by Crippen LogP contribution is 2.21. The van der Waals surface area contributed by atoms with E-state index in [0.29, 0.717) is 24.3 Å². The number of rotatable bonds is 6. The highest BCUT2D eigenvalue weighted by molar-refractivity contribution is 5.80. The van der Waals surface area contributed by atoms with E-state index in [4.69, 9.17) is 16.9 Å². The predicted octanol–water partition coefficient (Wildman–Crippen LogP) is 0.844. The number of benzene rings is 1. The summed E-state index contributed by atoms with van der Waals surface area (Å²) in [4.78, 5) is 11.6. The van der Waals surface area contributed by atoms with Crippen LogP contribution in [0.2, 0.25) is 0 Å². The second kappa shape index (κ2) is 7.39. The van der Waals surface area contributed by atoms with Crippen LogP contribution in [0.25, 0.3) is 0 Å². The molecule has 1 rings (SSSR count). The first-order valence-corrected chi connectivity index (χ1v) is 5.94. The van der Waals surface area contributed by atoms with Crippen LogP contribution in [0.1, 0.15) is 12.5 Å². The minimum atomic E-state index is -0.713. The molecule has 0 radical (unpaired) electrons. The summed E-state index contributed by atoms with van der Waals surface area (Å²) < 4.78 is 18.6. The largest absolute Gasteiger partial charge is 0.481 e.